The molecule has 39 heavy (non-hydrogen) atoms. The second kappa shape index (κ2) is 22.5. The third-order valence-corrected chi connectivity index (χ3v) is 5.29. The van der Waals surface area contributed by atoms with Gasteiger partial charge in [-0.2, -0.15) is 0 Å². The van der Waals surface area contributed by atoms with Crippen molar-refractivity contribution in [2.45, 2.75) is 111 Å². The molecule has 8 unspecified atom stereocenters. The molecule has 0 fully saturated rings. The topological polar surface area (TPSA) is 120 Å². The molecule has 0 aromatic carbocycles. The highest BCUT2D eigenvalue weighted by atomic mass is 17.1. The van der Waals surface area contributed by atoms with Gasteiger partial charge in [0.15, 0.2) is 0 Å². The Labute approximate surface area is 235 Å². The Morgan fingerprint density at radius 2 is 0.744 bits per heavy atom. The summed E-state index contributed by atoms with van der Waals surface area (Å²) in [7, 11) is 0. The second-order valence-corrected chi connectivity index (χ2v) is 10.3. The minimum atomic E-state index is -0.421. The lowest BCUT2D eigenvalue weighted by Crippen LogP contribution is -2.30. The molecule has 0 saturated heterocycles. The van der Waals surface area contributed by atoms with Crippen LogP contribution in [-0.4, -0.2) is 113 Å². The predicted molar refractivity (Wildman–Crippen MR) is 147 cm³/mol. The van der Waals surface area contributed by atoms with Gasteiger partial charge in [0, 0.05) is 5.57 Å². The first-order valence-corrected chi connectivity index (χ1v) is 13.8. The Kier molecular flexibility index (Phi) is 21.9. The van der Waals surface area contributed by atoms with Gasteiger partial charge < -0.3 is 37.9 Å². The fourth-order valence-corrected chi connectivity index (χ4v) is 2.78. The van der Waals surface area contributed by atoms with Gasteiger partial charge in [-0.05, 0) is 62.3 Å². The van der Waals surface area contributed by atoms with Gasteiger partial charge in [-0.3, -0.25) is 5.26 Å². The SMILES string of the molecule is C=C(C)C(=O)OCC(C)OCC(C)OCC(C)OCC(C)OCC(C)OCC(C)OCC(C)OCC(C)OO. The quantitative estimate of drug-likeness (QED) is 0.0751. The molecule has 11 nitrogen and oxygen atoms in total. The maximum Gasteiger partial charge on any atom is 0.333 e. The monoisotopic (exact) mass is 566 g/mol. The van der Waals surface area contributed by atoms with Crippen LogP contribution in [0.25, 0.3) is 0 Å². The Hall–Kier alpha value is -1.15. The molecule has 232 valence electrons. The van der Waals surface area contributed by atoms with E-state index in [0.29, 0.717) is 51.8 Å². The van der Waals surface area contributed by atoms with Gasteiger partial charge in [-0.25, -0.2) is 9.68 Å². The number of hydrogen-bond donors (Lipinski definition) is 1. The van der Waals surface area contributed by atoms with Crippen molar-refractivity contribution in [3.05, 3.63) is 12.2 Å². The van der Waals surface area contributed by atoms with Gasteiger partial charge in [0.1, 0.15) is 12.7 Å². The molecule has 0 saturated carbocycles. The smallest absolute Gasteiger partial charge is 0.333 e. The molecule has 0 aromatic heterocycles. The molecule has 11 heteroatoms. The Morgan fingerprint density at radius 1 is 0.513 bits per heavy atom. The van der Waals surface area contributed by atoms with Crippen molar-refractivity contribution in [2.75, 3.05) is 52.9 Å². The van der Waals surface area contributed by atoms with E-state index in [1.165, 1.54) is 0 Å². The van der Waals surface area contributed by atoms with Crippen LogP contribution in [0.2, 0.25) is 0 Å². The number of hydrogen-bond acceptors (Lipinski definition) is 11. The average Bonchev–Trinajstić information content (AvgIpc) is 2.91. The molecular weight excluding hydrogens is 512 g/mol. The molecule has 0 aliphatic rings. The number of carbonyl (C=O) groups excluding carboxylic acids is 1. The second-order valence-electron chi connectivity index (χ2n) is 10.3. The van der Waals surface area contributed by atoms with E-state index < -0.39 is 5.97 Å². The van der Waals surface area contributed by atoms with E-state index in [0.717, 1.165) is 0 Å². The Balaban J connectivity index is 3.89. The number of carbonyl (C=O) groups is 1. The summed E-state index contributed by atoms with van der Waals surface area (Å²) in [5, 5.41) is 8.56. The molecule has 0 aliphatic heterocycles. The zero-order valence-electron chi connectivity index (χ0n) is 25.5. The lowest BCUT2D eigenvalue weighted by atomic mass is 10.3. The van der Waals surface area contributed by atoms with Gasteiger partial charge in [-0.15, -0.1) is 0 Å². The standard InChI is InChI=1S/C28H54O11/c1-19(2)28(29)38-17-26(9)36-15-24(7)34-13-22(5)32-11-20(3)31-12-21(4)33-14-23(6)35-16-25(8)37-18-27(10)39-30/h20-27,30H,1,11-18H2,2-10H3. The highest BCUT2D eigenvalue weighted by molar-refractivity contribution is 5.86. The predicted octanol–water partition coefficient (Wildman–Crippen LogP) is 3.82. The highest BCUT2D eigenvalue weighted by Gasteiger charge is 2.15. The van der Waals surface area contributed by atoms with Crippen LogP contribution in [0.3, 0.4) is 0 Å². The first-order chi connectivity index (χ1) is 18.3. The van der Waals surface area contributed by atoms with Crippen LogP contribution in [0.4, 0.5) is 0 Å². The van der Waals surface area contributed by atoms with Crippen molar-refractivity contribution in [2.24, 2.45) is 0 Å². The van der Waals surface area contributed by atoms with E-state index in [1.54, 1.807) is 13.8 Å². The van der Waals surface area contributed by atoms with Crippen molar-refractivity contribution in [3.8, 4) is 0 Å². The van der Waals surface area contributed by atoms with Gasteiger partial charge in [-0.1, -0.05) is 6.58 Å². The Bertz CT molecular complexity index is 633. The largest absolute Gasteiger partial charge is 0.460 e. The maximum atomic E-state index is 11.4. The molecule has 0 aromatic rings. The summed E-state index contributed by atoms with van der Waals surface area (Å²) < 4.78 is 45.3. The minimum Gasteiger partial charge on any atom is -0.460 e. The lowest BCUT2D eigenvalue weighted by Gasteiger charge is -2.23. The molecule has 0 rings (SSSR count). The molecule has 0 spiro atoms. The number of rotatable bonds is 25. The average molecular weight is 567 g/mol. The van der Waals surface area contributed by atoms with E-state index in [9.17, 15) is 4.79 Å². The molecule has 1 N–H and O–H groups in total. The fourth-order valence-electron chi connectivity index (χ4n) is 2.78. The summed E-state index contributed by atoms with van der Waals surface area (Å²) in [6.45, 7) is 23.3. The van der Waals surface area contributed by atoms with E-state index in [-0.39, 0.29) is 55.4 Å². The highest BCUT2D eigenvalue weighted by Crippen LogP contribution is 2.05. The summed E-state index contributed by atoms with van der Waals surface area (Å²) in [6, 6.07) is 0. The molecule has 0 bridgehead atoms. The summed E-state index contributed by atoms with van der Waals surface area (Å²) in [5.74, 6) is -0.421. The number of ether oxygens (including phenoxy) is 8. The minimum absolute atomic E-state index is 0.0944. The summed E-state index contributed by atoms with van der Waals surface area (Å²) >= 11 is 0. The van der Waals surface area contributed by atoms with E-state index in [4.69, 9.17) is 43.2 Å². The third kappa shape index (κ3) is 22.2. The van der Waals surface area contributed by atoms with Gasteiger partial charge in [0.05, 0.1) is 89.0 Å². The van der Waals surface area contributed by atoms with E-state index in [2.05, 4.69) is 11.5 Å². The van der Waals surface area contributed by atoms with Crippen LogP contribution in [-0.2, 0) is 47.6 Å². The fraction of sp³-hybridized carbons (Fsp3) is 0.893. The van der Waals surface area contributed by atoms with Crippen molar-refractivity contribution >= 4 is 5.97 Å². The first kappa shape index (κ1) is 37.9. The third-order valence-electron chi connectivity index (χ3n) is 5.29. The van der Waals surface area contributed by atoms with Crippen molar-refractivity contribution in [1.82, 2.24) is 0 Å². The zero-order chi connectivity index (χ0) is 29.8. The number of esters is 1. The van der Waals surface area contributed by atoms with Crippen LogP contribution < -0.4 is 0 Å². The molecule has 0 heterocycles. The summed E-state index contributed by atoms with van der Waals surface area (Å²) in [5.41, 5.74) is 0.363. The van der Waals surface area contributed by atoms with Gasteiger partial charge in [0.2, 0.25) is 0 Å². The normalized spacial score (nSPS) is 18.0. The molecule has 0 aliphatic carbocycles. The van der Waals surface area contributed by atoms with E-state index >= 15 is 0 Å². The van der Waals surface area contributed by atoms with Crippen molar-refractivity contribution < 1.29 is 52.8 Å². The van der Waals surface area contributed by atoms with Crippen LogP contribution >= 0.6 is 0 Å². The van der Waals surface area contributed by atoms with Gasteiger partial charge >= 0.3 is 5.97 Å². The van der Waals surface area contributed by atoms with Gasteiger partial charge in [0.25, 0.3) is 0 Å². The van der Waals surface area contributed by atoms with Crippen molar-refractivity contribution in [3.63, 3.8) is 0 Å². The first-order valence-electron chi connectivity index (χ1n) is 13.8. The van der Waals surface area contributed by atoms with Crippen LogP contribution in [0.5, 0.6) is 0 Å². The Morgan fingerprint density at radius 3 is 0.974 bits per heavy atom. The lowest BCUT2D eigenvalue weighted by molar-refractivity contribution is -0.284. The van der Waals surface area contributed by atoms with Crippen LogP contribution in [0.15, 0.2) is 12.2 Å². The van der Waals surface area contributed by atoms with Crippen LogP contribution in [0, 0.1) is 0 Å². The zero-order valence-corrected chi connectivity index (χ0v) is 25.5. The summed E-state index contributed by atoms with van der Waals surface area (Å²) in [4.78, 5) is 15.6. The van der Waals surface area contributed by atoms with E-state index in [1.807, 2.05) is 48.5 Å². The molecule has 8 atom stereocenters. The maximum absolute atomic E-state index is 11.4. The van der Waals surface area contributed by atoms with Crippen LogP contribution in [0.1, 0.15) is 62.3 Å². The molecule has 0 radical (unpaired) electrons. The molecule has 0 amide bonds. The summed E-state index contributed by atoms with van der Waals surface area (Å²) in [6.07, 6.45) is -1.26. The van der Waals surface area contributed by atoms with Crippen molar-refractivity contribution in [1.29, 1.82) is 0 Å². The molecular formula is C28H54O11.